The van der Waals surface area contributed by atoms with Gasteiger partial charge in [-0.25, -0.2) is 4.79 Å². The zero-order valence-corrected chi connectivity index (χ0v) is 12.4. The number of rotatable bonds is 4. The molecule has 0 radical (unpaired) electrons. The lowest BCUT2D eigenvalue weighted by molar-refractivity contribution is 0.0307. The van der Waals surface area contributed by atoms with Crippen molar-refractivity contribution in [3.05, 3.63) is 69.7 Å². The number of esters is 1. The lowest BCUT2D eigenvalue weighted by Crippen LogP contribution is -2.12. The summed E-state index contributed by atoms with van der Waals surface area (Å²) in [6.07, 6.45) is -0.671. The van der Waals surface area contributed by atoms with Gasteiger partial charge in [0.25, 0.3) is 0 Å². The second kappa shape index (κ2) is 7.12. The molecule has 2 aromatic carbocycles. The standard InChI is InChI=1S/C16H11Cl2NO2/c17-12-7-5-11(6-8-12)16(20)21-15(9-10-19)13-3-1-2-4-14(13)18/h1-8,15H,9H2/t15-/m0/s1. The SMILES string of the molecule is N#CC[C@H](OC(=O)c1ccc(Cl)cc1)c1ccccc1Cl. The third-order valence-corrected chi connectivity index (χ3v) is 3.45. The Morgan fingerprint density at radius 3 is 2.43 bits per heavy atom. The quantitative estimate of drug-likeness (QED) is 0.760. The van der Waals surface area contributed by atoms with Crippen LogP contribution in [-0.2, 0) is 4.74 Å². The average molecular weight is 320 g/mol. The first-order valence-electron chi connectivity index (χ1n) is 6.19. The number of nitrogens with zero attached hydrogens (tertiary/aromatic N) is 1. The van der Waals surface area contributed by atoms with Crippen LogP contribution < -0.4 is 0 Å². The smallest absolute Gasteiger partial charge is 0.338 e. The summed E-state index contributed by atoms with van der Waals surface area (Å²) in [4.78, 5) is 12.1. The molecule has 0 aliphatic rings. The van der Waals surface area contributed by atoms with E-state index in [4.69, 9.17) is 33.2 Å². The lowest BCUT2D eigenvalue weighted by atomic mass is 10.1. The second-order valence-corrected chi connectivity index (χ2v) is 5.13. The highest BCUT2D eigenvalue weighted by Crippen LogP contribution is 2.28. The molecule has 0 bridgehead atoms. The van der Waals surface area contributed by atoms with Crippen LogP contribution in [0.1, 0.15) is 28.4 Å². The number of ether oxygens (including phenoxy) is 1. The molecular formula is C16H11Cl2NO2. The van der Waals surface area contributed by atoms with Crippen molar-refractivity contribution in [2.45, 2.75) is 12.5 Å². The molecular weight excluding hydrogens is 309 g/mol. The molecule has 21 heavy (non-hydrogen) atoms. The summed E-state index contributed by atoms with van der Waals surface area (Å²) in [6, 6.07) is 15.3. The largest absolute Gasteiger partial charge is 0.453 e. The summed E-state index contributed by atoms with van der Waals surface area (Å²) in [5, 5.41) is 9.90. The summed E-state index contributed by atoms with van der Waals surface area (Å²) in [6.45, 7) is 0. The van der Waals surface area contributed by atoms with E-state index < -0.39 is 12.1 Å². The van der Waals surface area contributed by atoms with Crippen LogP contribution in [0.15, 0.2) is 48.5 Å². The molecule has 0 amide bonds. The Labute approximate surface area is 132 Å². The molecule has 2 rings (SSSR count). The van der Waals surface area contributed by atoms with Crippen LogP contribution in [-0.4, -0.2) is 5.97 Å². The number of carbonyl (C=O) groups is 1. The third kappa shape index (κ3) is 3.98. The molecule has 1 atom stereocenters. The van der Waals surface area contributed by atoms with Crippen molar-refractivity contribution < 1.29 is 9.53 Å². The van der Waals surface area contributed by atoms with Crippen LogP contribution in [0.5, 0.6) is 0 Å². The van der Waals surface area contributed by atoms with Gasteiger partial charge < -0.3 is 4.74 Å². The van der Waals surface area contributed by atoms with Gasteiger partial charge in [-0.2, -0.15) is 5.26 Å². The minimum absolute atomic E-state index is 0.0308. The van der Waals surface area contributed by atoms with Crippen molar-refractivity contribution in [2.75, 3.05) is 0 Å². The molecule has 2 aromatic rings. The van der Waals surface area contributed by atoms with Crippen LogP contribution in [0.3, 0.4) is 0 Å². The summed E-state index contributed by atoms with van der Waals surface area (Å²) >= 11 is 11.9. The van der Waals surface area contributed by atoms with Crippen LogP contribution in [0.2, 0.25) is 10.0 Å². The Morgan fingerprint density at radius 1 is 1.14 bits per heavy atom. The van der Waals surface area contributed by atoms with Gasteiger partial charge in [0, 0.05) is 15.6 Å². The Bertz CT molecular complexity index is 677. The topological polar surface area (TPSA) is 50.1 Å². The molecule has 0 N–H and O–H groups in total. The summed E-state index contributed by atoms with van der Waals surface area (Å²) in [5.41, 5.74) is 0.984. The molecule has 0 saturated heterocycles. The van der Waals surface area contributed by atoms with E-state index >= 15 is 0 Å². The van der Waals surface area contributed by atoms with Gasteiger partial charge in [-0.3, -0.25) is 0 Å². The Hall–Kier alpha value is -2.02. The zero-order chi connectivity index (χ0) is 15.2. The highest BCUT2D eigenvalue weighted by Gasteiger charge is 2.20. The number of benzene rings is 2. The average Bonchev–Trinajstić information content (AvgIpc) is 2.48. The summed E-state index contributed by atoms with van der Waals surface area (Å²) in [7, 11) is 0. The number of hydrogen-bond donors (Lipinski definition) is 0. The molecule has 0 spiro atoms. The monoisotopic (exact) mass is 319 g/mol. The Kier molecular flexibility index (Phi) is 5.21. The van der Waals surface area contributed by atoms with Gasteiger partial charge in [0.2, 0.25) is 0 Å². The fourth-order valence-corrected chi connectivity index (χ4v) is 2.20. The molecule has 0 fully saturated rings. The van der Waals surface area contributed by atoms with E-state index in [1.807, 2.05) is 6.07 Å². The fraction of sp³-hybridized carbons (Fsp3) is 0.125. The molecule has 0 aliphatic carbocycles. The molecule has 0 saturated carbocycles. The maximum absolute atomic E-state index is 12.1. The van der Waals surface area contributed by atoms with Crippen molar-refractivity contribution in [1.82, 2.24) is 0 Å². The number of halogens is 2. The van der Waals surface area contributed by atoms with Gasteiger partial charge in [-0.1, -0.05) is 41.4 Å². The first-order chi connectivity index (χ1) is 10.1. The molecule has 0 heterocycles. The van der Waals surface area contributed by atoms with E-state index in [0.29, 0.717) is 21.2 Å². The van der Waals surface area contributed by atoms with Crippen LogP contribution in [0.25, 0.3) is 0 Å². The zero-order valence-electron chi connectivity index (χ0n) is 10.9. The maximum atomic E-state index is 12.1. The normalized spacial score (nSPS) is 11.5. The lowest BCUT2D eigenvalue weighted by Gasteiger charge is -2.16. The first kappa shape index (κ1) is 15.4. The fourth-order valence-electron chi connectivity index (χ4n) is 1.82. The van der Waals surface area contributed by atoms with Gasteiger partial charge in [0.1, 0.15) is 6.10 Å². The van der Waals surface area contributed by atoms with Crippen LogP contribution >= 0.6 is 23.2 Å². The molecule has 0 aliphatic heterocycles. The van der Waals surface area contributed by atoms with Gasteiger partial charge in [-0.15, -0.1) is 0 Å². The van der Waals surface area contributed by atoms with Crippen LogP contribution in [0.4, 0.5) is 0 Å². The van der Waals surface area contributed by atoms with Crippen molar-refractivity contribution in [2.24, 2.45) is 0 Å². The number of hydrogen-bond acceptors (Lipinski definition) is 3. The van der Waals surface area contributed by atoms with E-state index in [1.165, 1.54) is 0 Å². The van der Waals surface area contributed by atoms with E-state index in [2.05, 4.69) is 0 Å². The van der Waals surface area contributed by atoms with Crippen molar-refractivity contribution in [1.29, 1.82) is 5.26 Å². The molecule has 5 heteroatoms. The van der Waals surface area contributed by atoms with Gasteiger partial charge in [0.15, 0.2) is 0 Å². The summed E-state index contributed by atoms with van der Waals surface area (Å²) < 4.78 is 5.39. The van der Waals surface area contributed by atoms with E-state index in [1.54, 1.807) is 48.5 Å². The second-order valence-electron chi connectivity index (χ2n) is 4.28. The maximum Gasteiger partial charge on any atom is 0.338 e. The highest BCUT2D eigenvalue weighted by atomic mass is 35.5. The number of nitriles is 1. The third-order valence-electron chi connectivity index (χ3n) is 2.86. The van der Waals surface area contributed by atoms with Crippen LogP contribution in [0, 0.1) is 11.3 Å². The molecule has 106 valence electrons. The highest BCUT2D eigenvalue weighted by molar-refractivity contribution is 6.31. The van der Waals surface area contributed by atoms with E-state index in [0.717, 1.165) is 0 Å². The first-order valence-corrected chi connectivity index (χ1v) is 6.95. The van der Waals surface area contributed by atoms with Gasteiger partial charge in [-0.05, 0) is 30.3 Å². The van der Waals surface area contributed by atoms with Gasteiger partial charge >= 0.3 is 5.97 Å². The Morgan fingerprint density at radius 2 is 1.81 bits per heavy atom. The van der Waals surface area contributed by atoms with Crippen molar-refractivity contribution >= 4 is 29.2 Å². The molecule has 0 unspecified atom stereocenters. The minimum atomic E-state index is -0.702. The summed E-state index contributed by atoms with van der Waals surface area (Å²) in [5.74, 6) is -0.521. The van der Waals surface area contributed by atoms with Gasteiger partial charge in [0.05, 0.1) is 18.1 Å². The minimum Gasteiger partial charge on any atom is -0.453 e. The predicted molar refractivity (Wildman–Crippen MR) is 81.3 cm³/mol. The van der Waals surface area contributed by atoms with Crippen molar-refractivity contribution in [3.63, 3.8) is 0 Å². The predicted octanol–water partition coefficient (Wildman–Crippen LogP) is 4.81. The number of carbonyl (C=O) groups excluding carboxylic acids is 1. The Balaban J connectivity index is 2.21. The molecule has 0 aromatic heterocycles. The van der Waals surface area contributed by atoms with Crippen molar-refractivity contribution in [3.8, 4) is 6.07 Å². The molecule has 3 nitrogen and oxygen atoms in total. The van der Waals surface area contributed by atoms with E-state index in [-0.39, 0.29) is 6.42 Å². The van der Waals surface area contributed by atoms with E-state index in [9.17, 15) is 4.79 Å².